The first-order valence-corrected chi connectivity index (χ1v) is 7.61. The Kier molecular flexibility index (Phi) is 3.52. The molecule has 2 unspecified atom stereocenters. The van der Waals surface area contributed by atoms with E-state index in [0.29, 0.717) is 6.42 Å². The number of rotatable bonds is 2. The molecule has 1 aromatic carbocycles. The molecule has 0 fully saturated rings. The fourth-order valence-corrected chi connectivity index (χ4v) is 3.71. The van der Waals surface area contributed by atoms with Crippen LogP contribution in [0.15, 0.2) is 34.1 Å². The highest BCUT2D eigenvalue weighted by Gasteiger charge is 2.29. The van der Waals surface area contributed by atoms with Crippen LogP contribution in [0.5, 0.6) is 11.5 Å². The van der Waals surface area contributed by atoms with Gasteiger partial charge >= 0.3 is 0 Å². The maximum Gasteiger partial charge on any atom is 0.136 e. The van der Waals surface area contributed by atoms with Crippen LogP contribution in [0, 0.1) is 0 Å². The van der Waals surface area contributed by atoms with E-state index in [9.17, 15) is 5.11 Å². The van der Waals surface area contributed by atoms with Gasteiger partial charge in [0, 0.05) is 26.7 Å². The SMILES string of the molecule is COc1ccc2c(c1)C(O)CC(c1cc(Br)cs1)O2. The van der Waals surface area contributed by atoms with Crippen molar-refractivity contribution in [2.24, 2.45) is 0 Å². The van der Waals surface area contributed by atoms with Crippen LogP contribution in [0.3, 0.4) is 0 Å². The zero-order valence-corrected chi connectivity index (χ0v) is 12.7. The molecule has 0 radical (unpaired) electrons. The minimum Gasteiger partial charge on any atom is -0.497 e. The average molecular weight is 341 g/mol. The molecule has 0 aliphatic carbocycles. The third kappa shape index (κ3) is 2.50. The Bertz CT molecular complexity index is 596. The van der Waals surface area contributed by atoms with Gasteiger partial charge in [-0.25, -0.2) is 0 Å². The lowest BCUT2D eigenvalue weighted by Crippen LogP contribution is -2.18. The molecule has 1 aliphatic rings. The van der Waals surface area contributed by atoms with Crippen molar-refractivity contribution >= 4 is 27.3 Å². The molecule has 0 spiro atoms. The first kappa shape index (κ1) is 13.0. The van der Waals surface area contributed by atoms with Crippen LogP contribution in [-0.2, 0) is 0 Å². The predicted octanol–water partition coefficient (Wildman–Crippen LogP) is 4.08. The van der Waals surface area contributed by atoms with Crippen molar-refractivity contribution in [1.82, 2.24) is 0 Å². The number of thiophene rings is 1. The number of aliphatic hydroxyl groups excluding tert-OH is 1. The first-order valence-electron chi connectivity index (χ1n) is 5.94. The number of benzene rings is 1. The van der Waals surface area contributed by atoms with E-state index in [0.717, 1.165) is 26.4 Å². The molecule has 0 amide bonds. The van der Waals surface area contributed by atoms with Crippen molar-refractivity contribution < 1.29 is 14.6 Å². The Morgan fingerprint density at radius 1 is 1.42 bits per heavy atom. The molecule has 3 rings (SSSR count). The normalized spacial score (nSPS) is 21.6. The van der Waals surface area contributed by atoms with Gasteiger partial charge in [0.15, 0.2) is 0 Å². The maximum absolute atomic E-state index is 10.3. The van der Waals surface area contributed by atoms with Crippen molar-refractivity contribution in [2.45, 2.75) is 18.6 Å². The van der Waals surface area contributed by atoms with E-state index < -0.39 is 6.10 Å². The molecule has 2 aromatic rings. The van der Waals surface area contributed by atoms with Crippen LogP contribution in [0.1, 0.15) is 29.1 Å². The lowest BCUT2D eigenvalue weighted by molar-refractivity contribution is 0.0671. The third-order valence-electron chi connectivity index (χ3n) is 3.19. The van der Waals surface area contributed by atoms with Crippen molar-refractivity contribution in [3.05, 3.63) is 44.6 Å². The molecule has 0 saturated carbocycles. The van der Waals surface area contributed by atoms with Crippen molar-refractivity contribution in [3.8, 4) is 11.5 Å². The van der Waals surface area contributed by atoms with E-state index in [4.69, 9.17) is 9.47 Å². The van der Waals surface area contributed by atoms with E-state index in [1.807, 2.05) is 29.6 Å². The van der Waals surface area contributed by atoms with Crippen molar-refractivity contribution in [3.63, 3.8) is 0 Å². The van der Waals surface area contributed by atoms with E-state index >= 15 is 0 Å². The summed E-state index contributed by atoms with van der Waals surface area (Å²) in [6, 6.07) is 7.57. The summed E-state index contributed by atoms with van der Waals surface area (Å²) in [7, 11) is 1.61. The second-order valence-electron chi connectivity index (χ2n) is 4.43. The topological polar surface area (TPSA) is 38.7 Å². The molecule has 5 heteroatoms. The Morgan fingerprint density at radius 3 is 2.95 bits per heavy atom. The summed E-state index contributed by atoms with van der Waals surface area (Å²) in [5, 5.41) is 12.3. The standard InChI is InChI=1S/C14H13BrO3S/c1-17-9-2-3-12-10(5-9)11(16)6-13(18-12)14-4-8(15)7-19-14/h2-5,7,11,13,16H,6H2,1H3. The number of fused-ring (bicyclic) bond motifs is 1. The van der Waals surface area contributed by atoms with E-state index in [1.54, 1.807) is 18.4 Å². The molecule has 2 atom stereocenters. The molecule has 1 aliphatic heterocycles. The minimum absolute atomic E-state index is 0.0906. The van der Waals surface area contributed by atoms with E-state index in [1.165, 1.54) is 0 Å². The highest BCUT2D eigenvalue weighted by molar-refractivity contribution is 9.10. The highest BCUT2D eigenvalue weighted by Crippen LogP contribution is 2.43. The van der Waals surface area contributed by atoms with Gasteiger partial charge in [-0.1, -0.05) is 0 Å². The quantitative estimate of drug-likeness (QED) is 0.895. The first-order chi connectivity index (χ1) is 9.17. The van der Waals surface area contributed by atoms with Gasteiger partial charge in [0.1, 0.15) is 17.6 Å². The monoisotopic (exact) mass is 340 g/mol. The third-order valence-corrected chi connectivity index (χ3v) is 4.97. The van der Waals surface area contributed by atoms with Gasteiger partial charge in [0.05, 0.1) is 13.2 Å². The lowest BCUT2D eigenvalue weighted by Gasteiger charge is -2.29. The zero-order chi connectivity index (χ0) is 13.4. The second-order valence-corrected chi connectivity index (χ2v) is 6.29. The summed E-state index contributed by atoms with van der Waals surface area (Å²) in [5.41, 5.74) is 0.797. The van der Waals surface area contributed by atoms with Crippen LogP contribution in [0.25, 0.3) is 0 Å². The van der Waals surface area contributed by atoms with Gasteiger partial charge in [0.25, 0.3) is 0 Å². The largest absolute Gasteiger partial charge is 0.497 e. The highest BCUT2D eigenvalue weighted by atomic mass is 79.9. The molecule has 3 nitrogen and oxygen atoms in total. The summed E-state index contributed by atoms with van der Waals surface area (Å²) < 4.78 is 12.2. The van der Waals surface area contributed by atoms with Gasteiger partial charge in [0.2, 0.25) is 0 Å². The number of ether oxygens (including phenoxy) is 2. The number of halogens is 1. The number of aliphatic hydroxyl groups is 1. The van der Waals surface area contributed by atoms with Crippen LogP contribution >= 0.6 is 27.3 Å². The number of hydrogen-bond donors (Lipinski definition) is 1. The molecule has 2 heterocycles. The summed E-state index contributed by atoms with van der Waals surface area (Å²) in [5.74, 6) is 1.47. The maximum atomic E-state index is 10.3. The smallest absolute Gasteiger partial charge is 0.136 e. The summed E-state index contributed by atoms with van der Waals surface area (Å²) in [6.45, 7) is 0. The van der Waals surface area contributed by atoms with Crippen LogP contribution in [0.4, 0.5) is 0 Å². The Balaban J connectivity index is 1.92. The average Bonchev–Trinajstić information content (AvgIpc) is 2.85. The fraction of sp³-hybridized carbons (Fsp3) is 0.286. The molecule has 100 valence electrons. The molecule has 19 heavy (non-hydrogen) atoms. The van der Waals surface area contributed by atoms with Gasteiger partial charge in [-0.05, 0) is 40.2 Å². The number of hydrogen-bond acceptors (Lipinski definition) is 4. The summed E-state index contributed by atoms with van der Waals surface area (Å²) in [4.78, 5) is 1.12. The Hall–Kier alpha value is -1.04. The molecular formula is C14H13BrO3S. The molecule has 1 aromatic heterocycles. The van der Waals surface area contributed by atoms with Gasteiger partial charge in [-0.2, -0.15) is 0 Å². The van der Waals surface area contributed by atoms with Gasteiger partial charge in [-0.15, -0.1) is 11.3 Å². The zero-order valence-electron chi connectivity index (χ0n) is 10.3. The Morgan fingerprint density at radius 2 is 2.26 bits per heavy atom. The molecule has 1 N–H and O–H groups in total. The van der Waals surface area contributed by atoms with Crippen molar-refractivity contribution in [1.29, 1.82) is 0 Å². The Labute approximate surface area is 123 Å². The van der Waals surface area contributed by atoms with Crippen LogP contribution in [-0.4, -0.2) is 12.2 Å². The van der Waals surface area contributed by atoms with Crippen molar-refractivity contribution in [2.75, 3.05) is 7.11 Å². The van der Waals surface area contributed by atoms with Crippen LogP contribution in [0.2, 0.25) is 0 Å². The molecule has 0 saturated heterocycles. The second kappa shape index (κ2) is 5.15. The van der Waals surface area contributed by atoms with Gasteiger partial charge in [-0.3, -0.25) is 0 Å². The summed E-state index contributed by atoms with van der Waals surface area (Å²) in [6.07, 6.45) is -0.0513. The lowest BCUT2D eigenvalue weighted by atomic mass is 9.98. The molecular weight excluding hydrogens is 328 g/mol. The van der Waals surface area contributed by atoms with E-state index in [2.05, 4.69) is 15.9 Å². The molecule has 0 bridgehead atoms. The number of methoxy groups -OCH3 is 1. The predicted molar refractivity (Wildman–Crippen MR) is 78.0 cm³/mol. The van der Waals surface area contributed by atoms with Gasteiger partial charge < -0.3 is 14.6 Å². The fourth-order valence-electron chi connectivity index (χ4n) is 2.22. The minimum atomic E-state index is -0.523. The summed E-state index contributed by atoms with van der Waals surface area (Å²) >= 11 is 5.07. The van der Waals surface area contributed by atoms with Crippen LogP contribution < -0.4 is 9.47 Å². The van der Waals surface area contributed by atoms with E-state index in [-0.39, 0.29) is 6.10 Å².